The minimum Gasteiger partial charge on any atom is -0.483 e. The summed E-state index contributed by atoms with van der Waals surface area (Å²) in [7, 11) is 1.46. The first-order valence-corrected chi connectivity index (χ1v) is 9.31. The second kappa shape index (κ2) is 10.0. The number of aliphatic hydroxyl groups is 1. The number of nitrogens with two attached hydrogens (primary N) is 2. The normalized spacial score (nSPS) is 17.6. The van der Waals surface area contributed by atoms with Crippen LogP contribution in [0.25, 0.3) is 0 Å². The minimum atomic E-state index is -0.870. The molecule has 0 spiro atoms. The standard InChI is InChI=1S/C21H29FN4O2/c1-13(23)16(12-25-11-15-4-5-15)8-18(10-21(24)28-3)26-20-7-6-17(22)9-19(20)14(2)27/h6-7,9-10,12,14-15,27H,4-5,8,11,23-24H2,1-3H3/t14-/m1/s1. The van der Waals surface area contributed by atoms with Crippen molar-refractivity contribution in [1.82, 2.24) is 0 Å². The van der Waals surface area contributed by atoms with Gasteiger partial charge in [-0.2, -0.15) is 0 Å². The summed E-state index contributed by atoms with van der Waals surface area (Å²) in [5.41, 5.74) is 14.7. The molecule has 1 aromatic carbocycles. The van der Waals surface area contributed by atoms with Gasteiger partial charge in [0.15, 0.2) is 5.88 Å². The highest BCUT2D eigenvalue weighted by atomic mass is 19.1. The molecule has 152 valence electrons. The predicted molar refractivity (Wildman–Crippen MR) is 111 cm³/mol. The summed E-state index contributed by atoms with van der Waals surface area (Å²) in [4.78, 5) is 9.07. The van der Waals surface area contributed by atoms with Gasteiger partial charge in [-0.25, -0.2) is 4.39 Å². The van der Waals surface area contributed by atoms with E-state index < -0.39 is 11.9 Å². The van der Waals surface area contributed by atoms with Gasteiger partial charge in [0.2, 0.25) is 0 Å². The zero-order valence-corrected chi connectivity index (χ0v) is 16.7. The minimum absolute atomic E-state index is 0.184. The molecule has 1 aliphatic carbocycles. The smallest absolute Gasteiger partial charge is 0.185 e. The van der Waals surface area contributed by atoms with Gasteiger partial charge in [0.1, 0.15) is 5.82 Å². The average molecular weight is 388 g/mol. The largest absolute Gasteiger partial charge is 0.483 e. The summed E-state index contributed by atoms with van der Waals surface area (Å²) in [6.45, 7) is 4.16. The van der Waals surface area contributed by atoms with E-state index >= 15 is 0 Å². The molecule has 0 heterocycles. The number of methoxy groups -OCH3 is 1. The van der Waals surface area contributed by atoms with Crippen LogP contribution in [0.15, 0.2) is 51.4 Å². The molecular weight excluding hydrogens is 359 g/mol. The summed E-state index contributed by atoms with van der Waals surface area (Å²) in [6, 6.07) is 4.09. The van der Waals surface area contributed by atoms with Crippen molar-refractivity contribution in [3.05, 3.63) is 52.8 Å². The molecule has 1 saturated carbocycles. The van der Waals surface area contributed by atoms with Gasteiger partial charge < -0.3 is 21.3 Å². The first-order valence-electron chi connectivity index (χ1n) is 9.31. The summed E-state index contributed by atoms with van der Waals surface area (Å²) in [5.74, 6) is 0.429. The van der Waals surface area contributed by atoms with Crippen LogP contribution >= 0.6 is 0 Å². The Morgan fingerprint density at radius 1 is 1.39 bits per heavy atom. The summed E-state index contributed by atoms with van der Waals surface area (Å²) >= 11 is 0. The molecule has 28 heavy (non-hydrogen) atoms. The van der Waals surface area contributed by atoms with Crippen LogP contribution in [0.1, 0.15) is 44.8 Å². The van der Waals surface area contributed by atoms with Gasteiger partial charge in [-0.1, -0.05) is 0 Å². The summed E-state index contributed by atoms with van der Waals surface area (Å²) in [5, 5.41) is 9.96. The highest BCUT2D eigenvalue weighted by Crippen LogP contribution is 2.29. The molecule has 0 saturated heterocycles. The first-order chi connectivity index (χ1) is 13.3. The van der Waals surface area contributed by atoms with Crippen molar-refractivity contribution in [2.45, 2.75) is 39.2 Å². The van der Waals surface area contributed by atoms with Crippen LogP contribution in [0.4, 0.5) is 10.1 Å². The second-order valence-electron chi connectivity index (χ2n) is 7.06. The van der Waals surface area contributed by atoms with Crippen LogP contribution in [0.3, 0.4) is 0 Å². The lowest BCUT2D eigenvalue weighted by molar-refractivity contribution is 0.199. The van der Waals surface area contributed by atoms with Crippen LogP contribution in [-0.4, -0.2) is 30.7 Å². The second-order valence-corrected chi connectivity index (χ2v) is 7.06. The van der Waals surface area contributed by atoms with Gasteiger partial charge in [0, 0.05) is 36.5 Å². The fourth-order valence-corrected chi connectivity index (χ4v) is 2.56. The Hall–Kier alpha value is -2.67. The third-order valence-electron chi connectivity index (χ3n) is 4.43. The molecular formula is C21H29FN4O2. The molecule has 1 aliphatic rings. The van der Waals surface area contributed by atoms with E-state index in [4.69, 9.17) is 16.2 Å². The zero-order chi connectivity index (χ0) is 20.7. The van der Waals surface area contributed by atoms with E-state index in [0.29, 0.717) is 35.0 Å². The number of allylic oxidation sites excluding steroid dienone is 3. The molecule has 5 N–H and O–H groups in total. The van der Waals surface area contributed by atoms with Crippen molar-refractivity contribution < 1.29 is 14.2 Å². The summed E-state index contributed by atoms with van der Waals surface area (Å²) < 4.78 is 18.6. The number of hydrogen-bond donors (Lipinski definition) is 3. The Bertz CT molecular complexity index is 805. The fraction of sp³-hybridized carbons (Fsp3) is 0.429. The van der Waals surface area contributed by atoms with Crippen molar-refractivity contribution >= 4 is 17.6 Å². The Morgan fingerprint density at radius 2 is 2.11 bits per heavy atom. The number of nitrogens with zero attached hydrogens (tertiary/aromatic N) is 2. The van der Waals surface area contributed by atoms with Crippen molar-refractivity contribution in [1.29, 1.82) is 0 Å². The molecule has 1 fully saturated rings. The number of ether oxygens (including phenoxy) is 1. The van der Waals surface area contributed by atoms with Gasteiger partial charge in [-0.05, 0) is 56.4 Å². The van der Waals surface area contributed by atoms with Crippen LogP contribution in [-0.2, 0) is 4.74 Å². The van der Waals surface area contributed by atoms with Gasteiger partial charge in [0.05, 0.1) is 24.6 Å². The van der Waals surface area contributed by atoms with Crippen molar-refractivity contribution in [2.75, 3.05) is 13.7 Å². The maximum absolute atomic E-state index is 13.6. The van der Waals surface area contributed by atoms with E-state index in [2.05, 4.69) is 9.98 Å². The molecule has 1 aromatic rings. The molecule has 0 bridgehead atoms. The first kappa shape index (κ1) is 21.6. The molecule has 6 nitrogen and oxygen atoms in total. The molecule has 2 rings (SSSR count). The lowest BCUT2D eigenvalue weighted by Crippen LogP contribution is -2.09. The Kier molecular flexibility index (Phi) is 7.75. The molecule has 0 amide bonds. The number of aliphatic hydroxyl groups excluding tert-OH is 1. The number of aliphatic imine (C=N–C) groups is 2. The monoisotopic (exact) mass is 388 g/mol. The number of benzene rings is 1. The van der Waals surface area contributed by atoms with Crippen LogP contribution < -0.4 is 11.5 Å². The van der Waals surface area contributed by atoms with Crippen molar-refractivity contribution in [2.24, 2.45) is 27.4 Å². The van der Waals surface area contributed by atoms with Gasteiger partial charge in [0.25, 0.3) is 0 Å². The van der Waals surface area contributed by atoms with E-state index in [-0.39, 0.29) is 5.88 Å². The Labute approximate surface area is 165 Å². The lowest BCUT2D eigenvalue weighted by atomic mass is 10.1. The topological polar surface area (TPSA) is 106 Å². The number of rotatable bonds is 9. The van der Waals surface area contributed by atoms with E-state index in [1.54, 1.807) is 26.1 Å². The Morgan fingerprint density at radius 3 is 2.68 bits per heavy atom. The van der Waals surface area contributed by atoms with Crippen LogP contribution in [0.5, 0.6) is 0 Å². The van der Waals surface area contributed by atoms with Gasteiger partial charge in [-0.3, -0.25) is 9.98 Å². The van der Waals surface area contributed by atoms with Gasteiger partial charge >= 0.3 is 0 Å². The highest BCUT2D eigenvalue weighted by Gasteiger charge is 2.20. The highest BCUT2D eigenvalue weighted by molar-refractivity contribution is 6.02. The van der Waals surface area contributed by atoms with E-state index in [1.807, 2.05) is 0 Å². The lowest BCUT2D eigenvalue weighted by Gasteiger charge is -2.11. The third kappa shape index (κ3) is 6.81. The van der Waals surface area contributed by atoms with Crippen molar-refractivity contribution in [3.63, 3.8) is 0 Å². The molecule has 0 unspecified atom stereocenters. The third-order valence-corrected chi connectivity index (χ3v) is 4.43. The molecule has 1 atom stereocenters. The van der Waals surface area contributed by atoms with Crippen molar-refractivity contribution in [3.8, 4) is 0 Å². The van der Waals surface area contributed by atoms with E-state index in [0.717, 1.165) is 12.1 Å². The number of hydrogen-bond acceptors (Lipinski definition) is 6. The zero-order valence-electron chi connectivity index (χ0n) is 16.7. The molecule has 0 aliphatic heterocycles. The number of halogens is 1. The maximum Gasteiger partial charge on any atom is 0.185 e. The predicted octanol–water partition coefficient (Wildman–Crippen LogP) is 3.50. The maximum atomic E-state index is 13.6. The molecule has 0 radical (unpaired) electrons. The molecule has 7 heteroatoms. The van der Waals surface area contributed by atoms with Gasteiger partial charge in [-0.15, -0.1) is 0 Å². The van der Waals surface area contributed by atoms with E-state index in [1.165, 1.54) is 38.2 Å². The molecule has 0 aromatic heterocycles. The van der Waals surface area contributed by atoms with Crippen LogP contribution in [0.2, 0.25) is 0 Å². The quantitative estimate of drug-likeness (QED) is 0.444. The van der Waals surface area contributed by atoms with Crippen LogP contribution in [0, 0.1) is 11.7 Å². The Balaban J connectivity index is 2.37. The summed E-state index contributed by atoms with van der Waals surface area (Å²) in [6.07, 6.45) is 5.32. The SMILES string of the molecule is COC(N)=CC(CC(C=NCC1CC1)=C(C)N)=Nc1ccc(F)cc1[C@@H](C)O. The fourth-order valence-electron chi connectivity index (χ4n) is 2.56. The average Bonchev–Trinajstić information content (AvgIpc) is 3.46. The van der Waals surface area contributed by atoms with E-state index in [9.17, 15) is 9.50 Å².